The Morgan fingerprint density at radius 1 is 1.17 bits per heavy atom. The van der Waals surface area contributed by atoms with Crippen LogP contribution in [0.4, 0.5) is 4.79 Å². The van der Waals surface area contributed by atoms with Crippen LogP contribution in [0.2, 0.25) is 0 Å². The lowest BCUT2D eigenvalue weighted by Gasteiger charge is -2.27. The molecule has 1 amide bonds. The lowest BCUT2D eigenvalue weighted by atomic mass is 9.97. The predicted octanol–water partition coefficient (Wildman–Crippen LogP) is 2.95. The second-order valence-corrected chi connectivity index (χ2v) is 8.06. The van der Waals surface area contributed by atoms with Crippen molar-refractivity contribution in [1.29, 1.82) is 0 Å². The van der Waals surface area contributed by atoms with E-state index < -0.39 is 23.8 Å². The number of alkyl carbamates (subject to hydrolysis) is 1. The fourth-order valence-electron chi connectivity index (χ4n) is 1.86. The molecule has 0 saturated heterocycles. The fourth-order valence-corrected chi connectivity index (χ4v) is 1.86. The molecule has 0 bridgehead atoms. The van der Waals surface area contributed by atoms with E-state index in [1.54, 1.807) is 20.8 Å². The molecular weight excluding hydrogens is 298 g/mol. The lowest BCUT2D eigenvalue weighted by Crippen LogP contribution is -2.45. The van der Waals surface area contributed by atoms with Crippen LogP contribution in [0.25, 0.3) is 0 Å². The maximum absolute atomic E-state index is 12.0. The van der Waals surface area contributed by atoms with E-state index in [1.165, 1.54) is 0 Å². The molecule has 0 aliphatic heterocycles. The SMILES string of the molecule is CC(C)[C@@H](NC(=O)OC(C)(C)C)C(O)c1nnc(C(C)(C)C)o1. The number of amides is 1. The quantitative estimate of drug-likeness (QED) is 0.882. The molecule has 1 heterocycles. The van der Waals surface area contributed by atoms with Crippen molar-refractivity contribution in [3.63, 3.8) is 0 Å². The predicted molar refractivity (Wildman–Crippen MR) is 86.0 cm³/mol. The molecule has 0 aliphatic carbocycles. The average molecular weight is 327 g/mol. The fraction of sp³-hybridized carbons (Fsp3) is 0.812. The summed E-state index contributed by atoms with van der Waals surface area (Å²) >= 11 is 0. The van der Waals surface area contributed by atoms with Crippen LogP contribution in [0, 0.1) is 5.92 Å². The van der Waals surface area contributed by atoms with Gasteiger partial charge in [-0.05, 0) is 26.7 Å². The van der Waals surface area contributed by atoms with Gasteiger partial charge in [-0.2, -0.15) is 0 Å². The first-order valence-electron chi connectivity index (χ1n) is 7.82. The number of hydrogen-bond acceptors (Lipinski definition) is 6. The van der Waals surface area contributed by atoms with E-state index >= 15 is 0 Å². The van der Waals surface area contributed by atoms with Gasteiger partial charge in [-0.25, -0.2) is 4.79 Å². The van der Waals surface area contributed by atoms with Gasteiger partial charge in [0, 0.05) is 5.41 Å². The highest BCUT2D eigenvalue weighted by Crippen LogP contribution is 2.26. The zero-order chi connectivity index (χ0) is 18.0. The lowest BCUT2D eigenvalue weighted by molar-refractivity contribution is 0.0323. The topological polar surface area (TPSA) is 97.5 Å². The summed E-state index contributed by atoms with van der Waals surface area (Å²) in [5, 5.41) is 21.1. The molecule has 2 atom stereocenters. The Bertz CT molecular complexity index is 526. The van der Waals surface area contributed by atoms with Gasteiger partial charge in [0.1, 0.15) is 5.60 Å². The van der Waals surface area contributed by atoms with Crippen LogP contribution in [0.1, 0.15) is 73.3 Å². The first kappa shape index (κ1) is 19.4. The Labute approximate surface area is 137 Å². The van der Waals surface area contributed by atoms with Gasteiger partial charge in [0.25, 0.3) is 0 Å². The zero-order valence-corrected chi connectivity index (χ0v) is 15.3. The number of hydrogen-bond donors (Lipinski definition) is 2. The smallest absolute Gasteiger partial charge is 0.407 e. The Hall–Kier alpha value is -1.63. The van der Waals surface area contributed by atoms with E-state index in [0.717, 1.165) is 0 Å². The first-order chi connectivity index (χ1) is 10.3. The highest BCUT2D eigenvalue weighted by Gasteiger charge is 2.32. The minimum absolute atomic E-state index is 0.0532. The second kappa shape index (κ2) is 6.86. The average Bonchev–Trinajstić information content (AvgIpc) is 2.81. The number of nitrogens with one attached hydrogen (secondary N) is 1. The number of aliphatic hydroxyl groups is 1. The molecule has 1 aromatic rings. The Morgan fingerprint density at radius 3 is 2.13 bits per heavy atom. The highest BCUT2D eigenvalue weighted by molar-refractivity contribution is 5.68. The summed E-state index contributed by atoms with van der Waals surface area (Å²) in [4.78, 5) is 12.0. The molecule has 0 saturated carbocycles. The van der Waals surface area contributed by atoms with E-state index in [2.05, 4.69) is 15.5 Å². The van der Waals surface area contributed by atoms with E-state index in [4.69, 9.17) is 9.15 Å². The van der Waals surface area contributed by atoms with E-state index in [-0.39, 0.29) is 17.2 Å². The Morgan fingerprint density at radius 2 is 1.74 bits per heavy atom. The molecule has 0 aliphatic rings. The zero-order valence-electron chi connectivity index (χ0n) is 15.3. The number of rotatable bonds is 4. The van der Waals surface area contributed by atoms with Gasteiger partial charge in [-0.3, -0.25) is 0 Å². The maximum atomic E-state index is 12.0. The molecule has 1 unspecified atom stereocenters. The molecule has 0 spiro atoms. The number of carbonyl (C=O) groups excluding carboxylic acids is 1. The third-order valence-electron chi connectivity index (χ3n) is 3.08. The van der Waals surface area contributed by atoms with Crippen LogP contribution in [-0.4, -0.2) is 33.0 Å². The van der Waals surface area contributed by atoms with Gasteiger partial charge in [0.15, 0.2) is 6.10 Å². The summed E-state index contributed by atoms with van der Waals surface area (Å²) in [6.07, 6.45) is -1.70. The molecule has 7 heteroatoms. The molecule has 7 nitrogen and oxygen atoms in total. The normalized spacial score (nSPS) is 15.4. The van der Waals surface area contributed by atoms with Crippen molar-refractivity contribution in [2.24, 2.45) is 5.92 Å². The van der Waals surface area contributed by atoms with Crippen LogP contribution in [-0.2, 0) is 10.2 Å². The minimum atomic E-state index is -1.11. The number of nitrogens with zero attached hydrogens (tertiary/aromatic N) is 2. The third kappa shape index (κ3) is 5.82. The summed E-state index contributed by atoms with van der Waals surface area (Å²) in [6.45, 7) is 14.9. The minimum Gasteiger partial charge on any atom is -0.444 e. The Kier molecular flexibility index (Phi) is 5.79. The van der Waals surface area contributed by atoms with Crippen LogP contribution in [0.15, 0.2) is 4.42 Å². The van der Waals surface area contributed by atoms with Crippen molar-refractivity contribution in [2.75, 3.05) is 0 Å². The summed E-state index contributed by atoms with van der Waals surface area (Å²) < 4.78 is 10.8. The third-order valence-corrected chi connectivity index (χ3v) is 3.08. The van der Waals surface area contributed by atoms with E-state index in [0.29, 0.717) is 5.89 Å². The van der Waals surface area contributed by atoms with Crippen molar-refractivity contribution < 1.29 is 19.1 Å². The summed E-state index contributed by atoms with van der Waals surface area (Å²) in [5.74, 6) is 0.471. The van der Waals surface area contributed by atoms with Crippen molar-refractivity contribution in [2.45, 2.75) is 78.6 Å². The largest absolute Gasteiger partial charge is 0.444 e. The van der Waals surface area contributed by atoms with Crippen molar-refractivity contribution in [3.8, 4) is 0 Å². The van der Waals surface area contributed by atoms with Crippen molar-refractivity contribution >= 4 is 6.09 Å². The second-order valence-electron chi connectivity index (χ2n) is 8.06. The van der Waals surface area contributed by atoms with Crippen LogP contribution in [0.5, 0.6) is 0 Å². The maximum Gasteiger partial charge on any atom is 0.407 e. The molecule has 0 aromatic carbocycles. The molecule has 23 heavy (non-hydrogen) atoms. The molecule has 1 rings (SSSR count). The molecular formula is C16H29N3O4. The Balaban J connectivity index is 2.89. The van der Waals surface area contributed by atoms with E-state index in [9.17, 15) is 9.90 Å². The molecule has 2 N–H and O–H groups in total. The van der Waals surface area contributed by atoms with Crippen LogP contribution < -0.4 is 5.32 Å². The van der Waals surface area contributed by atoms with Crippen molar-refractivity contribution in [1.82, 2.24) is 15.5 Å². The van der Waals surface area contributed by atoms with Crippen molar-refractivity contribution in [3.05, 3.63) is 11.8 Å². The highest BCUT2D eigenvalue weighted by atomic mass is 16.6. The number of aromatic nitrogens is 2. The molecule has 0 radical (unpaired) electrons. The van der Waals surface area contributed by atoms with Gasteiger partial charge in [0.05, 0.1) is 6.04 Å². The number of aliphatic hydroxyl groups excluding tert-OH is 1. The van der Waals surface area contributed by atoms with Crippen LogP contribution in [0.3, 0.4) is 0 Å². The van der Waals surface area contributed by atoms with Gasteiger partial charge >= 0.3 is 6.09 Å². The van der Waals surface area contributed by atoms with Gasteiger partial charge in [-0.1, -0.05) is 34.6 Å². The van der Waals surface area contributed by atoms with Crippen LogP contribution >= 0.6 is 0 Å². The summed E-state index contributed by atoms with van der Waals surface area (Å²) in [7, 11) is 0. The van der Waals surface area contributed by atoms with E-state index in [1.807, 2.05) is 34.6 Å². The summed E-state index contributed by atoms with van der Waals surface area (Å²) in [5.41, 5.74) is -0.919. The summed E-state index contributed by atoms with van der Waals surface area (Å²) in [6, 6.07) is -0.599. The molecule has 1 aromatic heterocycles. The van der Waals surface area contributed by atoms with Gasteiger partial charge in [-0.15, -0.1) is 10.2 Å². The molecule has 0 fully saturated rings. The van der Waals surface area contributed by atoms with Gasteiger partial charge < -0.3 is 19.6 Å². The number of ether oxygens (including phenoxy) is 1. The van der Waals surface area contributed by atoms with Gasteiger partial charge in [0.2, 0.25) is 11.8 Å². The standard InChI is InChI=1S/C16H29N3O4/c1-9(2)10(17-14(21)23-16(6,7)8)11(20)12-18-19-13(22-12)15(3,4)5/h9-11,20H,1-8H3,(H,17,21)/t10-,11?/m1/s1. The molecule has 132 valence electrons. The monoisotopic (exact) mass is 327 g/mol. The number of carbonyl (C=O) groups is 1. The first-order valence-corrected chi connectivity index (χ1v) is 7.82.